The summed E-state index contributed by atoms with van der Waals surface area (Å²) in [6.45, 7) is 4.21. The van der Waals surface area contributed by atoms with E-state index in [0.29, 0.717) is 5.69 Å². The van der Waals surface area contributed by atoms with Gasteiger partial charge in [-0.2, -0.15) is 0 Å². The van der Waals surface area contributed by atoms with Gasteiger partial charge in [0, 0.05) is 11.6 Å². The predicted molar refractivity (Wildman–Crippen MR) is 71.2 cm³/mol. The third-order valence-corrected chi connectivity index (χ3v) is 2.81. The Morgan fingerprint density at radius 2 is 2.18 bits per heavy atom. The van der Waals surface area contributed by atoms with Crippen molar-refractivity contribution in [1.82, 2.24) is 4.98 Å². The summed E-state index contributed by atoms with van der Waals surface area (Å²) in [5.41, 5.74) is 7.68. The van der Waals surface area contributed by atoms with E-state index in [1.807, 2.05) is 24.3 Å². The van der Waals surface area contributed by atoms with Crippen molar-refractivity contribution >= 4 is 16.6 Å². The first-order valence-corrected chi connectivity index (χ1v) is 6.02. The monoisotopic (exact) mass is 230 g/mol. The van der Waals surface area contributed by atoms with E-state index in [0.717, 1.165) is 29.5 Å². The lowest BCUT2D eigenvalue weighted by atomic mass is 10.1. The van der Waals surface area contributed by atoms with Gasteiger partial charge in [-0.15, -0.1) is 0 Å². The van der Waals surface area contributed by atoms with Crippen LogP contribution in [0, 0.1) is 0 Å². The van der Waals surface area contributed by atoms with Gasteiger partial charge in [-0.05, 0) is 37.6 Å². The molecule has 90 valence electrons. The Bertz CT molecular complexity index is 511. The highest BCUT2D eigenvalue weighted by Crippen LogP contribution is 2.30. The summed E-state index contributed by atoms with van der Waals surface area (Å²) in [4.78, 5) is 4.26. The molecule has 2 aromatic rings. The minimum absolute atomic E-state index is 0.191. The summed E-state index contributed by atoms with van der Waals surface area (Å²) in [5, 5.41) is 0.952. The molecule has 2 rings (SSSR count). The normalized spacial score (nSPS) is 12.6. The van der Waals surface area contributed by atoms with Crippen LogP contribution in [-0.2, 0) is 0 Å². The van der Waals surface area contributed by atoms with Crippen LogP contribution >= 0.6 is 0 Å². The Hall–Kier alpha value is -1.77. The average Bonchev–Trinajstić information content (AvgIpc) is 2.33. The number of hydrogen-bond donors (Lipinski definition) is 1. The van der Waals surface area contributed by atoms with Crippen molar-refractivity contribution in [2.75, 3.05) is 5.73 Å². The number of pyridine rings is 1. The summed E-state index contributed by atoms with van der Waals surface area (Å²) >= 11 is 0. The smallest absolute Gasteiger partial charge is 0.143 e. The zero-order chi connectivity index (χ0) is 12.3. The van der Waals surface area contributed by atoms with Crippen LogP contribution in [0.2, 0.25) is 0 Å². The summed E-state index contributed by atoms with van der Waals surface area (Å²) < 4.78 is 5.84. The molecule has 0 spiro atoms. The van der Waals surface area contributed by atoms with Gasteiger partial charge >= 0.3 is 0 Å². The van der Waals surface area contributed by atoms with Crippen molar-refractivity contribution in [2.45, 2.75) is 32.8 Å². The number of fused-ring (bicyclic) bond motifs is 1. The van der Waals surface area contributed by atoms with E-state index >= 15 is 0 Å². The van der Waals surface area contributed by atoms with Crippen LogP contribution in [0.1, 0.15) is 26.7 Å². The van der Waals surface area contributed by atoms with Gasteiger partial charge in [0.05, 0.1) is 17.3 Å². The number of anilines is 1. The fourth-order valence-corrected chi connectivity index (χ4v) is 1.94. The molecule has 0 saturated carbocycles. The highest BCUT2D eigenvalue weighted by atomic mass is 16.5. The molecule has 3 heteroatoms. The van der Waals surface area contributed by atoms with Crippen LogP contribution < -0.4 is 10.5 Å². The molecule has 1 heterocycles. The lowest BCUT2D eigenvalue weighted by Crippen LogP contribution is -2.12. The van der Waals surface area contributed by atoms with Crippen LogP contribution in [0.5, 0.6) is 5.75 Å². The van der Waals surface area contributed by atoms with Gasteiger partial charge in [0.1, 0.15) is 5.75 Å². The number of nitrogens with two attached hydrogens (primary N) is 1. The Labute approximate surface area is 102 Å². The molecule has 0 aliphatic carbocycles. The van der Waals surface area contributed by atoms with E-state index in [1.165, 1.54) is 0 Å². The molecule has 0 aliphatic heterocycles. The molecule has 1 atom stereocenters. The summed E-state index contributed by atoms with van der Waals surface area (Å²) in [7, 11) is 0. The second-order valence-corrected chi connectivity index (χ2v) is 4.26. The summed E-state index contributed by atoms with van der Waals surface area (Å²) in [6.07, 6.45) is 4.10. The second-order valence-electron chi connectivity index (χ2n) is 4.26. The number of rotatable bonds is 4. The average molecular weight is 230 g/mol. The van der Waals surface area contributed by atoms with E-state index in [2.05, 4.69) is 18.8 Å². The van der Waals surface area contributed by atoms with Gasteiger partial charge in [0.25, 0.3) is 0 Å². The summed E-state index contributed by atoms with van der Waals surface area (Å²) in [6, 6.07) is 7.70. The molecule has 0 saturated heterocycles. The quantitative estimate of drug-likeness (QED) is 0.819. The van der Waals surface area contributed by atoms with Gasteiger partial charge in [-0.3, -0.25) is 4.98 Å². The van der Waals surface area contributed by atoms with Crippen LogP contribution in [0.25, 0.3) is 10.9 Å². The molecule has 0 bridgehead atoms. The molecule has 0 radical (unpaired) electrons. The molecule has 1 aromatic carbocycles. The van der Waals surface area contributed by atoms with Gasteiger partial charge < -0.3 is 10.5 Å². The van der Waals surface area contributed by atoms with Crippen molar-refractivity contribution in [1.29, 1.82) is 0 Å². The number of nitrogen functional groups attached to an aromatic ring is 1. The van der Waals surface area contributed by atoms with Gasteiger partial charge in [0.15, 0.2) is 0 Å². The SMILES string of the molecule is CCCC(C)Oc1ccc2ncccc2c1N. The van der Waals surface area contributed by atoms with Crippen molar-refractivity contribution < 1.29 is 4.74 Å². The highest BCUT2D eigenvalue weighted by molar-refractivity contribution is 5.93. The largest absolute Gasteiger partial charge is 0.489 e. The van der Waals surface area contributed by atoms with Gasteiger partial charge in [0.2, 0.25) is 0 Å². The van der Waals surface area contributed by atoms with E-state index in [1.54, 1.807) is 6.20 Å². The molecule has 1 unspecified atom stereocenters. The summed E-state index contributed by atoms with van der Waals surface area (Å²) in [5.74, 6) is 0.756. The van der Waals surface area contributed by atoms with Crippen LogP contribution in [0.15, 0.2) is 30.5 Å². The van der Waals surface area contributed by atoms with Gasteiger partial charge in [-0.1, -0.05) is 13.3 Å². The van der Waals surface area contributed by atoms with Crippen molar-refractivity contribution in [3.63, 3.8) is 0 Å². The van der Waals surface area contributed by atoms with Crippen molar-refractivity contribution in [2.24, 2.45) is 0 Å². The molecule has 0 fully saturated rings. The number of nitrogens with zero attached hydrogens (tertiary/aromatic N) is 1. The topological polar surface area (TPSA) is 48.1 Å². The molecule has 0 aliphatic rings. The number of benzene rings is 1. The van der Waals surface area contributed by atoms with E-state index in [4.69, 9.17) is 10.5 Å². The molecule has 2 N–H and O–H groups in total. The van der Waals surface area contributed by atoms with Crippen LogP contribution in [-0.4, -0.2) is 11.1 Å². The molecule has 0 amide bonds. The minimum atomic E-state index is 0.191. The lowest BCUT2D eigenvalue weighted by Gasteiger charge is -2.16. The Morgan fingerprint density at radius 1 is 1.35 bits per heavy atom. The maximum absolute atomic E-state index is 6.10. The highest BCUT2D eigenvalue weighted by Gasteiger charge is 2.09. The maximum atomic E-state index is 6.10. The Balaban J connectivity index is 2.32. The molecular formula is C14H18N2O. The maximum Gasteiger partial charge on any atom is 0.143 e. The number of hydrogen-bond acceptors (Lipinski definition) is 3. The van der Waals surface area contributed by atoms with E-state index in [9.17, 15) is 0 Å². The second kappa shape index (κ2) is 5.04. The number of aromatic nitrogens is 1. The Morgan fingerprint density at radius 3 is 2.94 bits per heavy atom. The first-order valence-electron chi connectivity index (χ1n) is 6.02. The third-order valence-electron chi connectivity index (χ3n) is 2.81. The fraction of sp³-hybridized carbons (Fsp3) is 0.357. The van der Waals surface area contributed by atoms with Crippen LogP contribution in [0.3, 0.4) is 0 Å². The molecule has 17 heavy (non-hydrogen) atoms. The Kier molecular flexibility index (Phi) is 3.47. The van der Waals surface area contributed by atoms with Gasteiger partial charge in [-0.25, -0.2) is 0 Å². The molecule has 1 aromatic heterocycles. The van der Waals surface area contributed by atoms with Crippen molar-refractivity contribution in [3.05, 3.63) is 30.5 Å². The third kappa shape index (κ3) is 2.49. The zero-order valence-electron chi connectivity index (χ0n) is 10.3. The standard InChI is InChI=1S/C14H18N2O/c1-3-5-10(2)17-13-8-7-12-11(14(13)15)6-4-9-16-12/h4,6-10H,3,5,15H2,1-2H3. The zero-order valence-corrected chi connectivity index (χ0v) is 10.3. The number of ether oxygens (including phenoxy) is 1. The molecule has 3 nitrogen and oxygen atoms in total. The van der Waals surface area contributed by atoms with E-state index in [-0.39, 0.29) is 6.10 Å². The van der Waals surface area contributed by atoms with Crippen molar-refractivity contribution in [3.8, 4) is 5.75 Å². The minimum Gasteiger partial charge on any atom is -0.489 e. The first-order chi connectivity index (χ1) is 8.22. The lowest BCUT2D eigenvalue weighted by molar-refractivity contribution is 0.211. The predicted octanol–water partition coefficient (Wildman–Crippen LogP) is 3.38. The molecular weight excluding hydrogens is 212 g/mol. The van der Waals surface area contributed by atoms with E-state index < -0.39 is 0 Å². The van der Waals surface area contributed by atoms with Crippen LogP contribution in [0.4, 0.5) is 5.69 Å². The first kappa shape index (κ1) is 11.7. The fourth-order valence-electron chi connectivity index (χ4n) is 1.94.